The lowest BCUT2D eigenvalue weighted by Gasteiger charge is -2.07. The molecule has 0 fully saturated rings. The average molecular weight is 1630 g/mol. The molecule has 0 amide bonds. The van der Waals surface area contributed by atoms with E-state index in [9.17, 15) is 40.2 Å². The number of nitrogens with zero attached hydrogens (tertiary/aromatic N) is 12. The number of hydrogen-bond acceptors (Lipinski definition) is 7. The number of rotatable bonds is 7. The molecule has 0 radical (unpaired) electrons. The average Bonchev–Trinajstić information content (AvgIpc) is 1.67. The van der Waals surface area contributed by atoms with Crippen LogP contribution in [0.5, 0.6) is 0 Å². The van der Waals surface area contributed by atoms with Crippen molar-refractivity contribution in [3.8, 4) is 67.5 Å². The van der Waals surface area contributed by atoms with Crippen molar-refractivity contribution >= 4 is 11.6 Å². The minimum Gasteiger partial charge on any atom is -0.392 e. The van der Waals surface area contributed by atoms with Crippen molar-refractivity contribution in [3.05, 3.63) is 244 Å². The van der Waals surface area contributed by atoms with Gasteiger partial charge in [-0.2, -0.15) is 30.6 Å². The molecule has 6 aromatic carbocycles. The molecular formula is C95H121ClF8N12O. The van der Waals surface area contributed by atoms with E-state index in [2.05, 4.69) is 67.8 Å². The van der Waals surface area contributed by atoms with Crippen molar-refractivity contribution in [2.24, 2.45) is 0 Å². The standard InChI is InChI=1S/C15H18N2O.2C14H14F2N2.C14H15FN2.C13H12ClFN2.C13H12F2N2.6C2H6/c1-10-5-6-12(9-18)8-13(10)15-11(2)14-4-3-7-17(14)16-15;1-8-11(15)6-5-10(13(8)16)14-9(2)12-4-3-7-18(12)17-14;1-8-6-10(12(16)7-11(8)15)14-9(2)13-4-3-5-18(13)17-14;1-9-8-11(5-6-12(9)15)14-10(2)13-4-3-7-17(13)16-14;2*1-8-12-3-2-6-17(12)16-13(8)10-7-9(14)4-5-11(10)15;6*1-2/h5-6,8,18H,3-4,7,9H2,1-2H3;5-6H,3-4,7H2,1-2H3;6-7H,3-5H2,1-2H3;5-6,8H,3-4,7H2,1-2H3;2*4-5,7H,2-3,6H2,1H3;6*1-2H3. The van der Waals surface area contributed by atoms with Crippen LogP contribution in [-0.4, -0.2) is 63.8 Å². The molecule has 6 aromatic heterocycles. The van der Waals surface area contributed by atoms with E-state index in [1.54, 1.807) is 26.0 Å². The van der Waals surface area contributed by atoms with Gasteiger partial charge in [0.15, 0.2) is 0 Å². The smallest absolute Gasteiger partial charge is 0.138 e. The second-order valence-electron chi connectivity index (χ2n) is 28.1. The van der Waals surface area contributed by atoms with Crippen molar-refractivity contribution < 1.29 is 40.2 Å². The molecule has 12 aromatic rings. The van der Waals surface area contributed by atoms with Crippen molar-refractivity contribution in [2.75, 3.05) is 0 Å². The maximum atomic E-state index is 14.1. The Kier molecular flexibility index (Phi) is 35.7. The van der Waals surface area contributed by atoms with Gasteiger partial charge in [-0.3, -0.25) is 28.1 Å². The summed E-state index contributed by atoms with van der Waals surface area (Å²) in [6.45, 7) is 48.8. The van der Waals surface area contributed by atoms with Crippen molar-refractivity contribution in [2.45, 2.75) is 275 Å². The highest BCUT2D eigenvalue weighted by Crippen LogP contribution is 2.38. The molecule has 0 atom stereocenters. The number of hydrogen-bond donors (Lipinski definition) is 1. The van der Waals surface area contributed by atoms with E-state index in [0.717, 1.165) is 183 Å². The SMILES string of the molecule is CC.CC.CC.CC.CC.CC.Cc1c(-c2cc(Cl)ccc2F)nn2c1CCC2.Cc1c(-c2cc(F)ccc2F)nn2c1CCC2.Cc1c(F)ccc(-c2nn3c(c2C)CCC3)c1F.Cc1cc(-c2nn3c(c2C)CCC3)c(F)cc1F.Cc1cc(-c2nn3c(c2C)CCC3)ccc1F.Cc1ccc(CO)cc1-c1nn2c(c1C)CCC2. The van der Waals surface area contributed by atoms with Gasteiger partial charge in [-0.1, -0.05) is 107 Å². The third kappa shape index (κ3) is 21.2. The van der Waals surface area contributed by atoms with Gasteiger partial charge in [0, 0.05) is 123 Å². The van der Waals surface area contributed by atoms with Crippen LogP contribution >= 0.6 is 11.6 Å². The summed E-state index contributed by atoms with van der Waals surface area (Å²) in [6, 6.07) is 24.6. The molecule has 18 rings (SSSR count). The largest absolute Gasteiger partial charge is 0.392 e. The zero-order valence-corrected chi connectivity index (χ0v) is 73.6. The van der Waals surface area contributed by atoms with Crippen LogP contribution in [-0.2, 0) is 84.4 Å². The lowest BCUT2D eigenvalue weighted by Crippen LogP contribution is -1.97. The Balaban J connectivity index is 0.000000189. The van der Waals surface area contributed by atoms with Crippen molar-refractivity contribution in [1.29, 1.82) is 0 Å². The number of aliphatic hydroxyl groups is 1. The van der Waals surface area contributed by atoms with Gasteiger partial charge in [-0.25, -0.2) is 35.1 Å². The number of fused-ring (bicyclic) bond motifs is 6. The zero-order chi connectivity index (χ0) is 86.4. The number of aryl methyl sites for hydroxylation is 9. The Morgan fingerprint density at radius 2 is 0.624 bits per heavy atom. The normalized spacial score (nSPS) is 12.9. The summed E-state index contributed by atoms with van der Waals surface area (Å²) < 4.78 is 120. The molecule has 1 N–H and O–H groups in total. The minimum absolute atomic E-state index is 0.0556. The van der Waals surface area contributed by atoms with Gasteiger partial charge in [0.25, 0.3) is 0 Å². The summed E-state index contributed by atoms with van der Waals surface area (Å²) in [7, 11) is 0. The van der Waals surface area contributed by atoms with E-state index in [4.69, 9.17) is 16.7 Å². The molecule has 22 heteroatoms. The number of benzene rings is 6. The quantitative estimate of drug-likeness (QED) is 0.157. The maximum absolute atomic E-state index is 14.1. The van der Waals surface area contributed by atoms with E-state index in [0.29, 0.717) is 49.9 Å². The van der Waals surface area contributed by atoms with Crippen LogP contribution < -0.4 is 0 Å². The number of halogens is 9. The summed E-state index contributed by atoms with van der Waals surface area (Å²) in [5, 5.41) is 36.9. The lowest BCUT2D eigenvalue weighted by atomic mass is 9.99. The first-order chi connectivity index (χ1) is 56.4. The van der Waals surface area contributed by atoms with Crippen LogP contribution in [0.4, 0.5) is 35.1 Å². The first-order valence-electron chi connectivity index (χ1n) is 42.0. The highest BCUT2D eigenvalue weighted by molar-refractivity contribution is 6.30. The maximum Gasteiger partial charge on any atom is 0.138 e. The van der Waals surface area contributed by atoms with Crippen molar-refractivity contribution in [1.82, 2.24) is 58.7 Å². The van der Waals surface area contributed by atoms with Crippen LogP contribution in [0.15, 0.2) is 97.1 Å². The fourth-order valence-corrected chi connectivity index (χ4v) is 15.5. The van der Waals surface area contributed by atoms with Crippen LogP contribution in [0.1, 0.15) is 217 Å². The van der Waals surface area contributed by atoms with Gasteiger partial charge in [0.2, 0.25) is 0 Å². The molecule has 6 aliphatic heterocycles. The molecule has 0 saturated carbocycles. The van der Waals surface area contributed by atoms with Crippen molar-refractivity contribution in [3.63, 3.8) is 0 Å². The van der Waals surface area contributed by atoms with Crippen LogP contribution in [0.2, 0.25) is 5.02 Å². The third-order valence-corrected chi connectivity index (χ3v) is 21.5. The van der Waals surface area contributed by atoms with E-state index < -0.39 is 34.9 Å². The van der Waals surface area contributed by atoms with Gasteiger partial charge in [-0.15, -0.1) is 0 Å². The lowest BCUT2D eigenvalue weighted by molar-refractivity contribution is 0.282. The van der Waals surface area contributed by atoms with Gasteiger partial charge < -0.3 is 5.11 Å². The Morgan fingerprint density at radius 3 is 1.02 bits per heavy atom. The van der Waals surface area contributed by atoms with Gasteiger partial charge >= 0.3 is 0 Å². The predicted octanol–water partition coefficient (Wildman–Crippen LogP) is 25.5. The molecule has 0 unspecified atom stereocenters. The summed E-state index contributed by atoms with van der Waals surface area (Å²) in [4.78, 5) is 0. The van der Waals surface area contributed by atoms with Gasteiger partial charge in [0.05, 0.1) is 40.8 Å². The number of aromatic nitrogens is 12. The van der Waals surface area contributed by atoms with Gasteiger partial charge in [0.1, 0.15) is 46.5 Å². The Bertz CT molecular complexity index is 5140. The molecule has 6 aliphatic rings. The first kappa shape index (κ1) is 94.4. The van der Waals surface area contributed by atoms with Crippen LogP contribution in [0.25, 0.3) is 67.5 Å². The molecule has 117 heavy (non-hydrogen) atoms. The monoisotopic (exact) mass is 1630 g/mol. The molecule has 12 heterocycles. The molecule has 0 aliphatic carbocycles. The highest BCUT2D eigenvalue weighted by Gasteiger charge is 2.28. The Labute approximate surface area is 693 Å². The zero-order valence-electron chi connectivity index (χ0n) is 72.9. The molecule has 0 bridgehead atoms. The summed E-state index contributed by atoms with van der Waals surface area (Å²) in [5.41, 5.74) is 25.7. The van der Waals surface area contributed by atoms with Crippen LogP contribution in [0.3, 0.4) is 0 Å². The Hall–Kier alpha value is -9.73. The second kappa shape index (κ2) is 44.2. The minimum atomic E-state index is -0.544. The second-order valence-corrected chi connectivity index (χ2v) is 28.6. The summed E-state index contributed by atoms with van der Waals surface area (Å²) >= 11 is 5.91. The molecule has 0 spiro atoms. The van der Waals surface area contributed by atoms with E-state index in [1.165, 1.54) is 101 Å². The first-order valence-corrected chi connectivity index (χ1v) is 42.4. The van der Waals surface area contributed by atoms with E-state index in [-0.39, 0.29) is 29.4 Å². The Morgan fingerprint density at radius 1 is 0.291 bits per heavy atom. The molecular weight excluding hydrogens is 1510 g/mol. The molecule has 13 nitrogen and oxygen atoms in total. The summed E-state index contributed by atoms with van der Waals surface area (Å²) in [6.07, 6.45) is 13.0. The molecule has 0 saturated heterocycles. The molecule has 630 valence electrons. The third-order valence-electron chi connectivity index (χ3n) is 21.2. The van der Waals surface area contributed by atoms with E-state index >= 15 is 0 Å². The topological polar surface area (TPSA) is 127 Å². The fourth-order valence-electron chi connectivity index (χ4n) is 15.3. The predicted molar refractivity (Wildman–Crippen MR) is 462 cm³/mol. The fraction of sp³-hybridized carbons (Fsp3) is 0.432. The number of aliphatic hydroxyl groups excluding tert-OH is 1. The highest BCUT2D eigenvalue weighted by atomic mass is 35.5. The van der Waals surface area contributed by atoms with Gasteiger partial charge in [-0.05, 0) is 281 Å². The van der Waals surface area contributed by atoms with E-state index in [1.807, 2.05) is 148 Å². The van der Waals surface area contributed by atoms with Crippen LogP contribution in [0, 0.1) is 116 Å². The summed E-state index contributed by atoms with van der Waals surface area (Å²) in [5.74, 6) is -3.36.